The molecule has 2 aromatic rings. The van der Waals surface area contributed by atoms with E-state index in [-0.39, 0.29) is 4.83 Å². The lowest BCUT2D eigenvalue weighted by Gasteiger charge is -2.16. The molecule has 0 spiro atoms. The molecule has 0 aliphatic rings. The molecule has 106 valence electrons. The number of alkyl halides is 1. The number of ether oxygens (including phenoxy) is 1. The summed E-state index contributed by atoms with van der Waals surface area (Å²) < 4.78 is 33.1. The van der Waals surface area contributed by atoms with Crippen LogP contribution in [0.3, 0.4) is 0 Å². The van der Waals surface area contributed by atoms with Crippen LogP contribution in [0.4, 0.5) is 8.78 Å². The van der Waals surface area contributed by atoms with E-state index in [0.717, 1.165) is 16.1 Å². The zero-order chi connectivity index (χ0) is 14.7. The third-order valence-corrected chi connectivity index (χ3v) is 4.24. The Kier molecular flexibility index (Phi) is 5.16. The molecule has 0 aliphatic heterocycles. The molecule has 2 aromatic carbocycles. The Bertz CT molecular complexity index is 597. The minimum absolute atomic E-state index is 0.355. The SMILES string of the molecule is CCOc1ccc(Br)cc1C(Br)c1cc(F)cc(F)c1. The minimum Gasteiger partial charge on any atom is -0.494 e. The summed E-state index contributed by atoms with van der Waals surface area (Å²) >= 11 is 6.88. The molecule has 2 rings (SSSR count). The van der Waals surface area contributed by atoms with Crippen LogP contribution in [0.5, 0.6) is 5.75 Å². The van der Waals surface area contributed by atoms with E-state index in [4.69, 9.17) is 4.74 Å². The predicted molar refractivity (Wildman–Crippen MR) is 82.4 cm³/mol. The van der Waals surface area contributed by atoms with Crippen molar-refractivity contribution in [3.63, 3.8) is 0 Å². The van der Waals surface area contributed by atoms with Crippen molar-refractivity contribution in [2.75, 3.05) is 6.61 Å². The van der Waals surface area contributed by atoms with Gasteiger partial charge in [0, 0.05) is 16.1 Å². The molecule has 0 bridgehead atoms. The first-order valence-corrected chi connectivity index (χ1v) is 7.74. The third-order valence-electron chi connectivity index (χ3n) is 2.72. The fourth-order valence-electron chi connectivity index (χ4n) is 1.91. The number of rotatable bonds is 4. The molecule has 0 N–H and O–H groups in total. The summed E-state index contributed by atoms with van der Waals surface area (Å²) in [4.78, 5) is -0.355. The third kappa shape index (κ3) is 3.58. The molecule has 0 fully saturated rings. The molecule has 0 amide bonds. The van der Waals surface area contributed by atoms with Crippen molar-refractivity contribution in [3.8, 4) is 5.75 Å². The molecule has 0 saturated carbocycles. The summed E-state index contributed by atoms with van der Waals surface area (Å²) in [6.07, 6.45) is 0. The maximum atomic E-state index is 13.3. The Morgan fingerprint density at radius 3 is 2.35 bits per heavy atom. The van der Waals surface area contributed by atoms with Crippen molar-refractivity contribution in [1.29, 1.82) is 0 Å². The highest BCUT2D eigenvalue weighted by Gasteiger charge is 2.17. The molecule has 0 aromatic heterocycles. The van der Waals surface area contributed by atoms with Crippen molar-refractivity contribution in [3.05, 3.63) is 63.6 Å². The van der Waals surface area contributed by atoms with Crippen LogP contribution in [0.25, 0.3) is 0 Å². The quantitative estimate of drug-likeness (QED) is 0.600. The van der Waals surface area contributed by atoms with Gasteiger partial charge in [-0.15, -0.1) is 0 Å². The van der Waals surface area contributed by atoms with E-state index in [1.54, 1.807) is 0 Å². The highest BCUT2D eigenvalue weighted by molar-refractivity contribution is 9.10. The lowest BCUT2D eigenvalue weighted by atomic mass is 10.0. The van der Waals surface area contributed by atoms with Gasteiger partial charge in [0.15, 0.2) is 0 Å². The van der Waals surface area contributed by atoms with Gasteiger partial charge in [0.2, 0.25) is 0 Å². The van der Waals surface area contributed by atoms with Crippen molar-refractivity contribution in [2.24, 2.45) is 0 Å². The van der Waals surface area contributed by atoms with Crippen LogP contribution in [-0.2, 0) is 0 Å². The molecule has 0 saturated heterocycles. The van der Waals surface area contributed by atoms with Gasteiger partial charge in [0.1, 0.15) is 17.4 Å². The summed E-state index contributed by atoms with van der Waals surface area (Å²) in [6, 6.07) is 9.02. The van der Waals surface area contributed by atoms with E-state index in [9.17, 15) is 8.78 Å². The van der Waals surface area contributed by atoms with Gasteiger partial charge in [-0.2, -0.15) is 0 Å². The molecule has 0 heterocycles. The summed E-state index contributed by atoms with van der Waals surface area (Å²) in [5.74, 6) is -0.517. The Labute approximate surface area is 133 Å². The Morgan fingerprint density at radius 1 is 1.10 bits per heavy atom. The van der Waals surface area contributed by atoms with Crippen molar-refractivity contribution in [2.45, 2.75) is 11.8 Å². The standard InChI is InChI=1S/C15H12Br2F2O/c1-2-20-14-4-3-10(16)7-13(14)15(17)9-5-11(18)8-12(19)6-9/h3-8,15H,2H2,1H3. The topological polar surface area (TPSA) is 9.23 Å². The second-order valence-electron chi connectivity index (χ2n) is 4.18. The average molecular weight is 406 g/mol. The van der Waals surface area contributed by atoms with Gasteiger partial charge in [0.25, 0.3) is 0 Å². The maximum absolute atomic E-state index is 13.3. The van der Waals surface area contributed by atoms with Gasteiger partial charge in [-0.25, -0.2) is 8.78 Å². The first kappa shape index (κ1) is 15.4. The van der Waals surface area contributed by atoms with Crippen molar-refractivity contribution < 1.29 is 13.5 Å². The molecule has 1 unspecified atom stereocenters. The van der Waals surface area contributed by atoms with Gasteiger partial charge in [-0.3, -0.25) is 0 Å². The fraction of sp³-hybridized carbons (Fsp3) is 0.200. The molecular weight excluding hydrogens is 394 g/mol. The molecule has 0 aliphatic carbocycles. The predicted octanol–water partition coefficient (Wildman–Crippen LogP) is 5.61. The Morgan fingerprint density at radius 2 is 1.75 bits per heavy atom. The second-order valence-corrected chi connectivity index (χ2v) is 6.01. The van der Waals surface area contributed by atoms with Gasteiger partial charge in [-0.05, 0) is 42.8 Å². The summed E-state index contributed by atoms with van der Waals surface area (Å²) in [6.45, 7) is 2.41. The highest BCUT2D eigenvalue weighted by Crippen LogP contribution is 2.38. The number of hydrogen-bond acceptors (Lipinski definition) is 1. The average Bonchev–Trinajstić information content (AvgIpc) is 2.39. The minimum atomic E-state index is -0.600. The van der Waals surface area contributed by atoms with Crippen LogP contribution in [0.2, 0.25) is 0 Å². The largest absolute Gasteiger partial charge is 0.494 e. The normalized spacial score (nSPS) is 12.2. The molecule has 1 nitrogen and oxygen atoms in total. The molecule has 1 atom stereocenters. The van der Waals surface area contributed by atoms with Gasteiger partial charge in [-0.1, -0.05) is 31.9 Å². The zero-order valence-electron chi connectivity index (χ0n) is 10.7. The highest BCUT2D eigenvalue weighted by atomic mass is 79.9. The van der Waals surface area contributed by atoms with Crippen LogP contribution >= 0.6 is 31.9 Å². The van der Waals surface area contributed by atoms with E-state index in [2.05, 4.69) is 31.9 Å². The lowest BCUT2D eigenvalue weighted by molar-refractivity contribution is 0.337. The molecule has 0 radical (unpaired) electrons. The molecular formula is C15H12Br2F2O. The van der Waals surface area contributed by atoms with Crippen LogP contribution in [0.15, 0.2) is 40.9 Å². The van der Waals surface area contributed by atoms with Crippen LogP contribution in [0.1, 0.15) is 22.9 Å². The molecule has 5 heteroatoms. The van der Waals surface area contributed by atoms with E-state index in [1.807, 2.05) is 25.1 Å². The van der Waals surface area contributed by atoms with E-state index in [0.29, 0.717) is 17.9 Å². The maximum Gasteiger partial charge on any atom is 0.126 e. The molecule has 20 heavy (non-hydrogen) atoms. The smallest absolute Gasteiger partial charge is 0.126 e. The van der Waals surface area contributed by atoms with E-state index >= 15 is 0 Å². The summed E-state index contributed by atoms with van der Waals surface area (Å²) in [7, 11) is 0. The van der Waals surface area contributed by atoms with Crippen LogP contribution in [-0.4, -0.2) is 6.61 Å². The van der Waals surface area contributed by atoms with Crippen molar-refractivity contribution >= 4 is 31.9 Å². The number of hydrogen-bond donors (Lipinski definition) is 0. The lowest BCUT2D eigenvalue weighted by Crippen LogP contribution is -2.01. The van der Waals surface area contributed by atoms with Crippen LogP contribution < -0.4 is 4.74 Å². The monoisotopic (exact) mass is 404 g/mol. The van der Waals surface area contributed by atoms with E-state index < -0.39 is 11.6 Å². The van der Waals surface area contributed by atoms with Gasteiger partial charge in [0.05, 0.1) is 11.4 Å². The number of halogens is 4. The first-order chi connectivity index (χ1) is 9.51. The fourth-order valence-corrected chi connectivity index (χ4v) is 2.91. The first-order valence-electron chi connectivity index (χ1n) is 6.03. The summed E-state index contributed by atoms with van der Waals surface area (Å²) in [5.41, 5.74) is 1.31. The Hall–Kier alpha value is -0.940. The van der Waals surface area contributed by atoms with Crippen molar-refractivity contribution in [1.82, 2.24) is 0 Å². The van der Waals surface area contributed by atoms with Gasteiger partial charge < -0.3 is 4.74 Å². The second kappa shape index (κ2) is 6.68. The number of benzene rings is 2. The Balaban J connectivity index is 2.46. The zero-order valence-corrected chi connectivity index (χ0v) is 13.8. The summed E-state index contributed by atoms with van der Waals surface area (Å²) in [5, 5.41) is 0. The van der Waals surface area contributed by atoms with Gasteiger partial charge >= 0.3 is 0 Å². The van der Waals surface area contributed by atoms with Crippen LogP contribution in [0, 0.1) is 11.6 Å². The van der Waals surface area contributed by atoms with E-state index in [1.165, 1.54) is 12.1 Å².